The van der Waals surface area contributed by atoms with E-state index < -0.39 is 0 Å². The lowest BCUT2D eigenvalue weighted by atomic mass is 10.1. The highest BCUT2D eigenvalue weighted by atomic mass is 35.5. The first-order valence-electron chi connectivity index (χ1n) is 8.68. The summed E-state index contributed by atoms with van der Waals surface area (Å²) >= 11 is 5.71. The van der Waals surface area contributed by atoms with Gasteiger partial charge in [-0.15, -0.1) is 0 Å². The molecule has 0 bridgehead atoms. The molecular weight excluding hydrogens is 340 g/mol. The van der Waals surface area contributed by atoms with E-state index in [9.17, 15) is 4.79 Å². The Bertz CT molecular complexity index is 699. The topological polar surface area (TPSA) is 55.6 Å². The van der Waals surface area contributed by atoms with Crippen LogP contribution in [0.2, 0.25) is 5.15 Å². The molecule has 1 aliphatic rings. The lowest BCUT2D eigenvalue weighted by Crippen LogP contribution is -2.29. The van der Waals surface area contributed by atoms with Crippen LogP contribution in [0.25, 0.3) is 0 Å². The number of likely N-dealkylation sites (tertiary alicyclic amines) is 1. The molecule has 0 N–H and O–H groups in total. The van der Waals surface area contributed by atoms with E-state index in [1.54, 1.807) is 6.07 Å². The summed E-state index contributed by atoms with van der Waals surface area (Å²) in [6.07, 6.45) is 2.97. The minimum absolute atomic E-state index is 0.162. The molecule has 1 aliphatic heterocycles. The number of carbonyl (C=O) groups is 1. The van der Waals surface area contributed by atoms with Crippen molar-refractivity contribution in [3.8, 4) is 5.75 Å². The number of halogens is 1. The first-order valence-corrected chi connectivity index (χ1v) is 9.06. The van der Waals surface area contributed by atoms with Crippen LogP contribution in [0.15, 0.2) is 34.9 Å². The molecular formula is C19H23ClN2O3. The number of aromatic nitrogens is 1. The summed E-state index contributed by atoms with van der Waals surface area (Å²) in [6.45, 7) is 4.38. The van der Waals surface area contributed by atoms with E-state index in [1.807, 2.05) is 29.2 Å². The van der Waals surface area contributed by atoms with Gasteiger partial charge in [0.15, 0.2) is 5.15 Å². The predicted molar refractivity (Wildman–Crippen MR) is 95.8 cm³/mol. The van der Waals surface area contributed by atoms with Crippen molar-refractivity contribution in [1.82, 2.24) is 10.1 Å². The van der Waals surface area contributed by atoms with Gasteiger partial charge < -0.3 is 14.2 Å². The zero-order chi connectivity index (χ0) is 17.6. The molecule has 1 unspecified atom stereocenters. The summed E-state index contributed by atoms with van der Waals surface area (Å²) in [5.74, 6) is 2.23. The van der Waals surface area contributed by atoms with Crippen molar-refractivity contribution < 1.29 is 14.1 Å². The largest absolute Gasteiger partial charge is 0.494 e. The van der Waals surface area contributed by atoms with Gasteiger partial charge in [0.05, 0.1) is 6.61 Å². The first kappa shape index (κ1) is 17.8. The molecule has 1 amide bonds. The van der Waals surface area contributed by atoms with E-state index >= 15 is 0 Å². The Morgan fingerprint density at radius 2 is 2.20 bits per heavy atom. The molecule has 134 valence electrons. The number of amides is 1. The van der Waals surface area contributed by atoms with Crippen LogP contribution in [0.4, 0.5) is 0 Å². The van der Waals surface area contributed by atoms with Crippen molar-refractivity contribution in [2.45, 2.75) is 32.6 Å². The summed E-state index contributed by atoms with van der Waals surface area (Å²) in [5, 5.41) is 3.95. The van der Waals surface area contributed by atoms with Gasteiger partial charge in [0.2, 0.25) is 5.91 Å². The summed E-state index contributed by atoms with van der Waals surface area (Å²) in [6, 6.07) is 9.75. The van der Waals surface area contributed by atoms with Gasteiger partial charge in [-0.1, -0.05) is 34.5 Å². The van der Waals surface area contributed by atoms with Crippen LogP contribution >= 0.6 is 11.6 Å². The third-order valence-corrected chi connectivity index (χ3v) is 4.75. The molecule has 2 aromatic rings. The average Bonchev–Trinajstić information content (AvgIpc) is 3.24. The number of nitrogens with zero attached hydrogens (tertiary/aromatic N) is 2. The van der Waals surface area contributed by atoms with Crippen LogP contribution in [-0.2, 0) is 11.2 Å². The molecule has 1 fully saturated rings. The lowest BCUT2D eigenvalue weighted by Gasteiger charge is -2.16. The monoisotopic (exact) mass is 362 g/mol. The van der Waals surface area contributed by atoms with Gasteiger partial charge in [0.25, 0.3) is 0 Å². The van der Waals surface area contributed by atoms with Crippen molar-refractivity contribution in [3.05, 3.63) is 46.8 Å². The van der Waals surface area contributed by atoms with Gasteiger partial charge >= 0.3 is 0 Å². The normalized spacial score (nSPS) is 17.0. The zero-order valence-corrected chi connectivity index (χ0v) is 15.2. The first-order chi connectivity index (χ1) is 12.1. The third kappa shape index (κ3) is 5.23. The number of aryl methyl sites for hydroxylation is 2. The van der Waals surface area contributed by atoms with Crippen LogP contribution < -0.4 is 4.74 Å². The highest BCUT2D eigenvalue weighted by Crippen LogP contribution is 2.22. The fraction of sp³-hybridized carbons (Fsp3) is 0.474. The van der Waals surface area contributed by atoms with Gasteiger partial charge in [0, 0.05) is 32.0 Å². The van der Waals surface area contributed by atoms with Crippen LogP contribution in [0, 0.1) is 12.8 Å². The van der Waals surface area contributed by atoms with E-state index in [1.165, 1.54) is 5.56 Å². The maximum atomic E-state index is 12.3. The minimum Gasteiger partial charge on any atom is -0.494 e. The smallest absolute Gasteiger partial charge is 0.223 e. The van der Waals surface area contributed by atoms with E-state index in [4.69, 9.17) is 20.9 Å². The number of hydrogen-bond acceptors (Lipinski definition) is 4. The van der Waals surface area contributed by atoms with Crippen molar-refractivity contribution in [1.29, 1.82) is 0 Å². The highest BCUT2D eigenvalue weighted by Gasteiger charge is 2.26. The Balaban J connectivity index is 1.36. The average molecular weight is 363 g/mol. The molecule has 0 spiro atoms. The Kier molecular flexibility index (Phi) is 5.97. The highest BCUT2D eigenvalue weighted by molar-refractivity contribution is 6.29. The molecule has 6 heteroatoms. The van der Waals surface area contributed by atoms with E-state index in [0.717, 1.165) is 31.7 Å². The summed E-state index contributed by atoms with van der Waals surface area (Å²) < 4.78 is 10.8. The number of benzene rings is 1. The molecule has 25 heavy (non-hydrogen) atoms. The third-order valence-electron chi connectivity index (χ3n) is 4.57. The van der Waals surface area contributed by atoms with Crippen LogP contribution in [-0.4, -0.2) is 35.7 Å². The van der Waals surface area contributed by atoms with Crippen LogP contribution in [0.3, 0.4) is 0 Å². The lowest BCUT2D eigenvalue weighted by molar-refractivity contribution is -0.130. The Labute approximate surface area is 152 Å². The van der Waals surface area contributed by atoms with Crippen LogP contribution in [0.1, 0.15) is 30.6 Å². The standard InChI is InChI=1S/C19H23ClN2O3/c1-14-2-4-16(5-3-14)24-11-9-15-8-10-22(13-15)19(23)7-6-17-12-18(20)21-25-17/h2-5,12,15H,6-11,13H2,1H3. The van der Waals surface area contributed by atoms with E-state index in [-0.39, 0.29) is 5.91 Å². The molecule has 0 aliphatic carbocycles. The van der Waals surface area contributed by atoms with Gasteiger partial charge in [-0.25, -0.2) is 0 Å². The van der Waals surface area contributed by atoms with E-state index in [0.29, 0.717) is 36.3 Å². The SMILES string of the molecule is Cc1ccc(OCCC2CCN(C(=O)CCc3cc(Cl)no3)C2)cc1. The van der Waals surface area contributed by atoms with Gasteiger partial charge in [-0.2, -0.15) is 0 Å². The molecule has 1 aromatic heterocycles. The van der Waals surface area contributed by atoms with Gasteiger partial charge in [-0.05, 0) is 37.8 Å². The fourth-order valence-corrected chi connectivity index (χ4v) is 3.22. The molecule has 1 aromatic carbocycles. The maximum Gasteiger partial charge on any atom is 0.223 e. The zero-order valence-electron chi connectivity index (χ0n) is 14.4. The van der Waals surface area contributed by atoms with Crippen molar-refractivity contribution in [3.63, 3.8) is 0 Å². The van der Waals surface area contributed by atoms with Gasteiger partial charge in [-0.3, -0.25) is 4.79 Å². The molecule has 2 heterocycles. The Morgan fingerprint density at radius 3 is 2.92 bits per heavy atom. The second-order valence-corrected chi connectivity index (χ2v) is 6.95. The van der Waals surface area contributed by atoms with Crippen molar-refractivity contribution in [2.75, 3.05) is 19.7 Å². The number of carbonyl (C=O) groups excluding carboxylic acids is 1. The van der Waals surface area contributed by atoms with Crippen molar-refractivity contribution in [2.24, 2.45) is 5.92 Å². The Morgan fingerprint density at radius 1 is 1.40 bits per heavy atom. The van der Waals surface area contributed by atoms with Crippen molar-refractivity contribution >= 4 is 17.5 Å². The molecule has 3 rings (SSSR count). The number of hydrogen-bond donors (Lipinski definition) is 0. The molecule has 1 atom stereocenters. The second-order valence-electron chi connectivity index (χ2n) is 6.56. The number of rotatable bonds is 7. The Hall–Kier alpha value is -2.01. The molecule has 0 radical (unpaired) electrons. The summed E-state index contributed by atoms with van der Waals surface area (Å²) in [7, 11) is 0. The summed E-state index contributed by atoms with van der Waals surface area (Å²) in [4.78, 5) is 14.2. The number of ether oxygens (including phenoxy) is 1. The van der Waals surface area contributed by atoms with Gasteiger partial charge in [0.1, 0.15) is 11.5 Å². The second kappa shape index (κ2) is 8.39. The van der Waals surface area contributed by atoms with E-state index in [2.05, 4.69) is 12.1 Å². The predicted octanol–water partition coefficient (Wildman–Crippen LogP) is 3.89. The maximum absolute atomic E-state index is 12.3. The quantitative estimate of drug-likeness (QED) is 0.749. The fourth-order valence-electron chi connectivity index (χ4n) is 3.07. The summed E-state index contributed by atoms with van der Waals surface area (Å²) in [5.41, 5.74) is 1.23. The molecule has 0 saturated carbocycles. The molecule has 5 nitrogen and oxygen atoms in total. The minimum atomic E-state index is 0.162. The van der Waals surface area contributed by atoms with Crippen LogP contribution in [0.5, 0.6) is 5.75 Å². The molecule has 1 saturated heterocycles.